The first-order valence-electron chi connectivity index (χ1n) is 10.7. The fraction of sp³-hybridized carbons (Fsp3) is 0.172. The molecule has 0 nitrogen and oxygen atoms in total. The van der Waals surface area contributed by atoms with E-state index in [0.717, 1.165) is 6.42 Å². The minimum atomic E-state index is 0. The number of halogens is 2. The van der Waals surface area contributed by atoms with Gasteiger partial charge in [0.1, 0.15) is 0 Å². The maximum atomic E-state index is 2.37. The number of fused-ring (bicyclic) bond motifs is 6. The van der Waals surface area contributed by atoms with Crippen LogP contribution in [0.15, 0.2) is 97.1 Å². The van der Waals surface area contributed by atoms with Crippen LogP contribution in [0.4, 0.5) is 0 Å². The van der Waals surface area contributed by atoms with Crippen molar-refractivity contribution >= 4 is 0 Å². The molecule has 0 N–H and O–H groups in total. The van der Waals surface area contributed by atoms with Gasteiger partial charge in [0, 0.05) is 37.7 Å². The first kappa shape index (κ1) is 25.0. The Balaban J connectivity index is 0.000000963. The molecule has 0 atom stereocenters. The van der Waals surface area contributed by atoms with Crippen molar-refractivity contribution in [2.24, 2.45) is 5.92 Å². The van der Waals surface area contributed by atoms with Crippen molar-refractivity contribution in [3.05, 3.63) is 119 Å². The standard InChI is InChI=1S/C29H24.2ClH.Hf/c1-2-19(28-24-15-7-3-11-20(24)21-12-4-8-16-25(21)28)29-26-17-9-5-13-22(26)23-14-6-10-18-27(23)29;;;/h3-19,28-29H,2H2,1H3;2*1H;/p-2. The predicted octanol–water partition coefficient (Wildman–Crippen LogP) is 1.64. The van der Waals surface area contributed by atoms with E-state index >= 15 is 0 Å². The van der Waals surface area contributed by atoms with Crippen LogP contribution in [0, 0.1) is 5.92 Å². The molecule has 0 heterocycles. The Morgan fingerprint density at radius 3 is 1.00 bits per heavy atom. The van der Waals surface area contributed by atoms with E-state index in [2.05, 4.69) is 104 Å². The van der Waals surface area contributed by atoms with E-state index < -0.39 is 0 Å². The van der Waals surface area contributed by atoms with Gasteiger partial charge in [0.25, 0.3) is 0 Å². The summed E-state index contributed by atoms with van der Waals surface area (Å²) >= 11 is 0. The van der Waals surface area contributed by atoms with Gasteiger partial charge in [-0.3, -0.25) is 0 Å². The third-order valence-electron chi connectivity index (χ3n) is 7.09. The molecule has 0 fully saturated rings. The molecule has 4 aromatic carbocycles. The normalized spacial score (nSPS) is 13.2. The first-order valence-corrected chi connectivity index (χ1v) is 10.7. The van der Waals surface area contributed by atoms with Gasteiger partial charge in [0.2, 0.25) is 0 Å². The van der Waals surface area contributed by atoms with Crippen molar-refractivity contribution in [2.45, 2.75) is 25.2 Å². The Bertz CT molecular complexity index is 1050. The van der Waals surface area contributed by atoms with Crippen molar-refractivity contribution in [1.82, 2.24) is 0 Å². The molecule has 160 valence electrons. The molecule has 0 amide bonds. The zero-order valence-electron chi connectivity index (χ0n) is 17.9. The van der Waals surface area contributed by atoms with E-state index in [9.17, 15) is 0 Å². The molecule has 0 bridgehead atoms. The molecule has 0 aliphatic heterocycles. The first-order chi connectivity index (χ1) is 14.4. The van der Waals surface area contributed by atoms with Gasteiger partial charge in [-0.15, -0.1) is 0 Å². The van der Waals surface area contributed by atoms with Gasteiger partial charge in [-0.25, -0.2) is 0 Å². The second kappa shape index (κ2) is 10.1. The number of benzene rings is 4. The third kappa shape index (κ3) is 3.63. The maximum Gasteiger partial charge on any atom is 0.0139 e. The van der Waals surface area contributed by atoms with Gasteiger partial charge in [0.15, 0.2) is 0 Å². The Hall–Kier alpha value is -1.67. The van der Waals surface area contributed by atoms with Crippen molar-refractivity contribution in [2.75, 3.05) is 0 Å². The van der Waals surface area contributed by atoms with Crippen LogP contribution in [-0.4, -0.2) is 0 Å². The molecule has 0 radical (unpaired) electrons. The fourth-order valence-corrected chi connectivity index (χ4v) is 5.98. The summed E-state index contributed by atoms with van der Waals surface area (Å²) in [6, 6.07) is 36.2. The van der Waals surface area contributed by atoms with Crippen LogP contribution < -0.4 is 24.8 Å². The Kier molecular flexibility index (Phi) is 7.86. The molecule has 0 unspecified atom stereocenters. The van der Waals surface area contributed by atoms with Crippen LogP contribution in [-0.2, 0) is 25.8 Å². The summed E-state index contributed by atoms with van der Waals surface area (Å²) in [5.41, 5.74) is 11.7. The van der Waals surface area contributed by atoms with Crippen LogP contribution in [0.5, 0.6) is 0 Å². The van der Waals surface area contributed by atoms with E-state index in [1.54, 1.807) is 0 Å². The quantitative estimate of drug-likeness (QED) is 0.306. The zero-order chi connectivity index (χ0) is 19.4. The van der Waals surface area contributed by atoms with Crippen LogP contribution in [0.25, 0.3) is 22.3 Å². The van der Waals surface area contributed by atoms with Crippen molar-refractivity contribution in [1.29, 1.82) is 0 Å². The molecule has 32 heavy (non-hydrogen) atoms. The minimum Gasteiger partial charge on any atom is -1.00 e. The molecule has 3 heteroatoms. The SMILES string of the molecule is CCC(C1c2ccccc2-c2ccccc21)C1c2ccccc2-c2ccccc21.[Cl-].[Cl-].[Hf]. The second-order valence-electron chi connectivity index (χ2n) is 8.38. The Morgan fingerprint density at radius 2 is 0.750 bits per heavy atom. The van der Waals surface area contributed by atoms with Crippen LogP contribution in [0.1, 0.15) is 47.4 Å². The van der Waals surface area contributed by atoms with Gasteiger partial charge in [-0.1, -0.05) is 110 Å². The Morgan fingerprint density at radius 1 is 0.500 bits per heavy atom. The number of hydrogen-bond acceptors (Lipinski definition) is 0. The summed E-state index contributed by atoms with van der Waals surface area (Å²) in [6.07, 6.45) is 1.15. The summed E-state index contributed by atoms with van der Waals surface area (Å²) in [6.45, 7) is 2.37. The zero-order valence-corrected chi connectivity index (χ0v) is 23.0. The molecule has 0 saturated carbocycles. The monoisotopic (exact) mass is 622 g/mol. The van der Waals surface area contributed by atoms with Crippen LogP contribution in [0.2, 0.25) is 0 Å². The van der Waals surface area contributed by atoms with Crippen molar-refractivity contribution in [3.8, 4) is 22.3 Å². The Labute approximate surface area is 222 Å². The molecular weight excluding hydrogens is 598 g/mol. The smallest absolute Gasteiger partial charge is 0.0139 e. The summed E-state index contributed by atoms with van der Waals surface area (Å²) in [7, 11) is 0. The fourth-order valence-electron chi connectivity index (χ4n) is 5.98. The van der Waals surface area contributed by atoms with Crippen LogP contribution in [0.3, 0.4) is 0 Å². The van der Waals surface area contributed by atoms with Crippen molar-refractivity contribution in [3.63, 3.8) is 0 Å². The topological polar surface area (TPSA) is 0 Å². The molecule has 0 saturated heterocycles. The van der Waals surface area contributed by atoms with E-state index in [1.807, 2.05) is 0 Å². The van der Waals surface area contributed by atoms with E-state index in [1.165, 1.54) is 44.5 Å². The molecule has 0 aromatic heterocycles. The second-order valence-corrected chi connectivity index (χ2v) is 8.38. The van der Waals surface area contributed by atoms with E-state index in [4.69, 9.17) is 0 Å². The number of rotatable bonds is 3. The maximum absolute atomic E-state index is 2.37. The largest absolute Gasteiger partial charge is 1.00 e. The molecule has 0 spiro atoms. The van der Waals surface area contributed by atoms with Crippen LogP contribution >= 0.6 is 0 Å². The summed E-state index contributed by atoms with van der Waals surface area (Å²) in [4.78, 5) is 0. The molecule has 6 rings (SSSR count). The van der Waals surface area contributed by atoms with E-state index in [-0.39, 0.29) is 50.7 Å². The third-order valence-corrected chi connectivity index (χ3v) is 7.09. The number of hydrogen-bond donors (Lipinski definition) is 0. The van der Waals surface area contributed by atoms with Gasteiger partial charge >= 0.3 is 0 Å². The molecule has 2 aliphatic rings. The summed E-state index contributed by atoms with van der Waals surface area (Å²) in [5.74, 6) is 1.41. The summed E-state index contributed by atoms with van der Waals surface area (Å²) < 4.78 is 0. The van der Waals surface area contributed by atoms with Gasteiger partial charge in [-0.05, 0) is 50.4 Å². The average Bonchev–Trinajstić information content (AvgIpc) is 3.29. The summed E-state index contributed by atoms with van der Waals surface area (Å²) in [5, 5.41) is 0. The predicted molar refractivity (Wildman–Crippen MR) is 121 cm³/mol. The van der Waals surface area contributed by atoms with Gasteiger partial charge < -0.3 is 24.8 Å². The van der Waals surface area contributed by atoms with Crippen molar-refractivity contribution < 1.29 is 50.7 Å². The molecule has 4 aromatic rings. The van der Waals surface area contributed by atoms with E-state index in [0.29, 0.717) is 17.8 Å². The average molecular weight is 622 g/mol. The minimum absolute atomic E-state index is 0. The molecular formula is C29H24Cl2Hf-2. The van der Waals surface area contributed by atoms with Gasteiger partial charge in [0.05, 0.1) is 0 Å². The van der Waals surface area contributed by atoms with Gasteiger partial charge in [-0.2, -0.15) is 0 Å². The molecule has 2 aliphatic carbocycles.